The van der Waals surface area contributed by atoms with Crippen LogP contribution < -0.4 is 19.5 Å². The van der Waals surface area contributed by atoms with Gasteiger partial charge >= 0.3 is 0 Å². The lowest BCUT2D eigenvalue weighted by Crippen LogP contribution is -2.24. The Hall–Kier alpha value is -2.91. The second-order valence-electron chi connectivity index (χ2n) is 6.52. The van der Waals surface area contributed by atoms with Gasteiger partial charge in [-0.25, -0.2) is 4.98 Å². The minimum Gasteiger partial charge on any atom is -0.486 e. The van der Waals surface area contributed by atoms with Gasteiger partial charge in [0, 0.05) is 11.6 Å². The van der Waals surface area contributed by atoms with Gasteiger partial charge in [0.1, 0.15) is 12.4 Å². The van der Waals surface area contributed by atoms with Crippen LogP contribution in [0.5, 0.6) is 17.2 Å². The lowest BCUT2D eigenvalue weighted by molar-refractivity contribution is -0.118. The highest BCUT2D eigenvalue weighted by Crippen LogP contribution is 2.32. The van der Waals surface area contributed by atoms with Crippen LogP contribution in [0.2, 0.25) is 5.02 Å². The van der Waals surface area contributed by atoms with E-state index in [1.165, 1.54) is 11.8 Å². The van der Waals surface area contributed by atoms with Gasteiger partial charge in [-0.1, -0.05) is 29.4 Å². The van der Waals surface area contributed by atoms with E-state index >= 15 is 0 Å². The number of ether oxygens (including phenoxy) is 3. The maximum Gasteiger partial charge on any atom is 0.231 e. The maximum absolute atomic E-state index is 12.1. The van der Waals surface area contributed by atoms with Gasteiger partial charge in [0.2, 0.25) is 17.9 Å². The maximum atomic E-state index is 12.1. The molecule has 0 aliphatic carbocycles. The number of aryl methyl sites for hydroxylation is 1. The molecule has 0 bridgehead atoms. The van der Waals surface area contributed by atoms with Crippen LogP contribution in [0.4, 0.5) is 0 Å². The molecule has 2 aromatic carbocycles. The highest BCUT2D eigenvalue weighted by Gasteiger charge is 2.14. The van der Waals surface area contributed by atoms with Gasteiger partial charge in [-0.05, 0) is 48.4 Å². The molecule has 1 amide bonds. The highest BCUT2D eigenvalue weighted by atomic mass is 35.5. The molecule has 3 aromatic rings. The second-order valence-corrected chi connectivity index (χ2v) is 7.87. The molecule has 8 nitrogen and oxygen atoms in total. The number of carbonyl (C=O) groups excluding carboxylic acids is 1. The van der Waals surface area contributed by atoms with Gasteiger partial charge < -0.3 is 19.5 Å². The molecule has 10 heteroatoms. The van der Waals surface area contributed by atoms with Crippen LogP contribution in [-0.4, -0.2) is 33.6 Å². The van der Waals surface area contributed by atoms with E-state index in [4.69, 9.17) is 25.8 Å². The van der Waals surface area contributed by atoms with Crippen LogP contribution in [0.3, 0.4) is 0 Å². The predicted molar refractivity (Wildman–Crippen MR) is 112 cm³/mol. The zero-order valence-electron chi connectivity index (χ0n) is 16.1. The zero-order valence-corrected chi connectivity index (χ0v) is 17.7. The Kier molecular flexibility index (Phi) is 6.29. The Morgan fingerprint density at radius 2 is 2.13 bits per heavy atom. The number of rotatable bonds is 8. The molecular weight excluding hydrogens is 428 g/mol. The van der Waals surface area contributed by atoms with Gasteiger partial charge in [-0.3, -0.25) is 9.89 Å². The van der Waals surface area contributed by atoms with Gasteiger partial charge in [0.05, 0.1) is 5.75 Å². The summed E-state index contributed by atoms with van der Waals surface area (Å²) in [5.74, 6) is 2.78. The summed E-state index contributed by atoms with van der Waals surface area (Å²) in [4.78, 5) is 16.4. The molecule has 0 atom stereocenters. The number of fused-ring (bicyclic) bond motifs is 1. The molecule has 0 unspecified atom stereocenters. The summed E-state index contributed by atoms with van der Waals surface area (Å²) in [6, 6.07) is 11.0. The van der Waals surface area contributed by atoms with Crippen LogP contribution >= 0.6 is 23.4 Å². The number of hydrogen-bond donors (Lipinski definition) is 2. The smallest absolute Gasteiger partial charge is 0.231 e. The van der Waals surface area contributed by atoms with Gasteiger partial charge in [-0.2, -0.15) is 0 Å². The summed E-state index contributed by atoms with van der Waals surface area (Å²) < 4.78 is 16.3. The van der Waals surface area contributed by atoms with Gasteiger partial charge in [-0.15, -0.1) is 5.10 Å². The van der Waals surface area contributed by atoms with Crippen molar-refractivity contribution in [2.75, 3.05) is 12.5 Å². The average molecular weight is 447 g/mol. The molecule has 1 aliphatic rings. The average Bonchev–Trinajstić information content (AvgIpc) is 3.40. The summed E-state index contributed by atoms with van der Waals surface area (Å²) in [6.45, 7) is 2.79. The number of halogens is 1. The predicted octanol–water partition coefficient (Wildman–Crippen LogP) is 3.48. The topological polar surface area (TPSA) is 98.4 Å². The third-order valence-corrected chi connectivity index (χ3v) is 5.55. The van der Waals surface area contributed by atoms with Crippen molar-refractivity contribution in [2.24, 2.45) is 0 Å². The monoisotopic (exact) mass is 446 g/mol. The standard InChI is InChI=1S/C20H19ClN4O4S/c1-12-6-14(3-4-15(12)21)27-9-18-23-20(25-24-18)30-10-19(26)22-8-13-2-5-16-17(7-13)29-11-28-16/h2-7H,8-11H2,1H3,(H,22,26)(H,23,24,25). The van der Waals surface area contributed by atoms with E-state index in [0.717, 1.165) is 16.9 Å². The Bertz CT molecular complexity index is 1060. The van der Waals surface area contributed by atoms with E-state index in [9.17, 15) is 4.79 Å². The van der Waals surface area contributed by atoms with Crippen molar-refractivity contribution in [3.8, 4) is 17.2 Å². The van der Waals surface area contributed by atoms with Crippen LogP contribution in [-0.2, 0) is 17.9 Å². The molecule has 30 heavy (non-hydrogen) atoms. The number of hydrogen-bond acceptors (Lipinski definition) is 7. The van der Waals surface area contributed by atoms with Crippen LogP contribution in [0.1, 0.15) is 17.0 Å². The molecular formula is C20H19ClN4O4S. The third-order valence-electron chi connectivity index (χ3n) is 4.28. The molecule has 1 aliphatic heterocycles. The van der Waals surface area contributed by atoms with Crippen molar-refractivity contribution in [3.63, 3.8) is 0 Å². The van der Waals surface area contributed by atoms with Crippen LogP contribution in [0, 0.1) is 6.92 Å². The molecule has 2 N–H and O–H groups in total. The third kappa shape index (κ3) is 5.17. The molecule has 1 aromatic heterocycles. The van der Waals surface area contributed by atoms with Crippen molar-refractivity contribution in [2.45, 2.75) is 25.2 Å². The highest BCUT2D eigenvalue weighted by molar-refractivity contribution is 7.99. The van der Waals surface area contributed by atoms with E-state index in [-0.39, 0.29) is 25.1 Å². The fraction of sp³-hybridized carbons (Fsp3) is 0.250. The number of H-pyrrole nitrogens is 1. The summed E-state index contributed by atoms with van der Waals surface area (Å²) in [6.07, 6.45) is 0. The summed E-state index contributed by atoms with van der Waals surface area (Å²) >= 11 is 7.26. The first-order valence-electron chi connectivity index (χ1n) is 9.15. The molecule has 0 spiro atoms. The Morgan fingerprint density at radius 3 is 3.00 bits per heavy atom. The first-order valence-corrected chi connectivity index (χ1v) is 10.5. The summed E-state index contributed by atoms with van der Waals surface area (Å²) in [7, 11) is 0. The largest absolute Gasteiger partial charge is 0.486 e. The number of aromatic amines is 1. The molecule has 0 fully saturated rings. The van der Waals surface area contributed by atoms with E-state index in [2.05, 4.69) is 20.5 Å². The molecule has 0 radical (unpaired) electrons. The number of nitrogens with zero attached hydrogens (tertiary/aromatic N) is 2. The number of thioether (sulfide) groups is 1. The SMILES string of the molecule is Cc1cc(OCc2nc(SCC(=O)NCc3ccc4c(c3)OCO4)n[nH]2)ccc1Cl. The van der Waals surface area contributed by atoms with E-state index in [0.29, 0.717) is 34.0 Å². The van der Waals surface area contributed by atoms with Crippen LogP contribution in [0.25, 0.3) is 0 Å². The minimum absolute atomic E-state index is 0.114. The quantitative estimate of drug-likeness (QED) is 0.511. The van der Waals surface area contributed by atoms with Gasteiger partial charge in [0.25, 0.3) is 0 Å². The zero-order chi connectivity index (χ0) is 20.9. The first-order chi connectivity index (χ1) is 14.6. The Balaban J connectivity index is 1.21. The van der Waals surface area contributed by atoms with Crippen molar-refractivity contribution in [1.29, 1.82) is 0 Å². The summed E-state index contributed by atoms with van der Waals surface area (Å²) in [5.41, 5.74) is 1.88. The number of aromatic nitrogens is 3. The van der Waals surface area contributed by atoms with Crippen molar-refractivity contribution in [1.82, 2.24) is 20.5 Å². The van der Waals surface area contributed by atoms with Gasteiger partial charge in [0.15, 0.2) is 17.3 Å². The number of amides is 1. The van der Waals surface area contributed by atoms with Crippen molar-refractivity contribution in [3.05, 3.63) is 58.4 Å². The minimum atomic E-state index is -0.114. The lowest BCUT2D eigenvalue weighted by Gasteiger charge is -2.06. The van der Waals surface area contributed by atoms with Crippen LogP contribution in [0.15, 0.2) is 41.6 Å². The molecule has 4 rings (SSSR count). The summed E-state index contributed by atoms with van der Waals surface area (Å²) in [5, 5.41) is 11.0. The fourth-order valence-electron chi connectivity index (χ4n) is 2.70. The Labute approximate surface area is 182 Å². The second kappa shape index (κ2) is 9.27. The molecule has 2 heterocycles. The van der Waals surface area contributed by atoms with E-state index < -0.39 is 0 Å². The van der Waals surface area contributed by atoms with Crippen molar-refractivity contribution >= 4 is 29.3 Å². The van der Waals surface area contributed by atoms with E-state index in [1.807, 2.05) is 31.2 Å². The molecule has 156 valence electrons. The first kappa shape index (κ1) is 20.4. The molecule has 0 saturated carbocycles. The number of carbonyl (C=O) groups is 1. The normalized spacial score (nSPS) is 12.1. The lowest BCUT2D eigenvalue weighted by atomic mass is 10.2. The molecule has 0 saturated heterocycles. The van der Waals surface area contributed by atoms with Crippen molar-refractivity contribution < 1.29 is 19.0 Å². The number of nitrogens with one attached hydrogen (secondary N) is 2. The van der Waals surface area contributed by atoms with E-state index in [1.54, 1.807) is 12.1 Å². The fourth-order valence-corrected chi connectivity index (χ4v) is 3.46. The Morgan fingerprint density at radius 1 is 1.27 bits per heavy atom. The number of benzene rings is 2.